The fourth-order valence-corrected chi connectivity index (χ4v) is 3.95. The number of furan rings is 1. The lowest BCUT2D eigenvalue weighted by Crippen LogP contribution is -2.50. The Hall–Kier alpha value is -1.10. The van der Waals surface area contributed by atoms with Gasteiger partial charge in [-0.15, -0.1) is 5.10 Å². The summed E-state index contributed by atoms with van der Waals surface area (Å²) in [5.74, 6) is 0.354. The van der Waals surface area contributed by atoms with Crippen LogP contribution in [0, 0.1) is 0 Å². The largest absolute Gasteiger partial charge is 0.449 e. The van der Waals surface area contributed by atoms with Crippen LogP contribution < -0.4 is 15.9 Å². The Labute approximate surface area is 171 Å². The minimum Gasteiger partial charge on any atom is -0.449 e. The Morgan fingerprint density at radius 3 is 2.76 bits per heavy atom. The number of carbonyl (C=O) groups is 1. The summed E-state index contributed by atoms with van der Waals surface area (Å²) in [6.45, 7) is 0. The van der Waals surface area contributed by atoms with E-state index in [1.165, 1.54) is 11.8 Å². The number of amides is 1. The molecule has 10 heteroatoms. The number of halogens is 3. The Kier molecular flexibility index (Phi) is 4.55. The predicted octanol–water partition coefficient (Wildman–Crippen LogP) is 3.07. The lowest BCUT2D eigenvalue weighted by atomic mass is 10.1. The molecule has 1 atom stereocenters. The van der Waals surface area contributed by atoms with E-state index in [-0.39, 0.29) is 5.91 Å². The Bertz CT molecular complexity index is 1030. The van der Waals surface area contributed by atoms with E-state index in [2.05, 4.69) is 58.2 Å². The number of rotatable bonds is 1. The number of hydrazone groups is 1. The molecule has 0 aliphatic carbocycles. The summed E-state index contributed by atoms with van der Waals surface area (Å²) in [6, 6.07) is 7.44. The van der Waals surface area contributed by atoms with Gasteiger partial charge in [0, 0.05) is 9.69 Å². The van der Waals surface area contributed by atoms with E-state index in [1.54, 1.807) is 5.01 Å². The van der Waals surface area contributed by atoms with Gasteiger partial charge in [-0.25, -0.2) is 10.0 Å². The molecule has 0 spiro atoms. The van der Waals surface area contributed by atoms with Gasteiger partial charge in [-0.1, -0.05) is 27.7 Å². The first-order valence-electron chi connectivity index (χ1n) is 7.03. The van der Waals surface area contributed by atoms with Crippen LogP contribution in [-0.4, -0.2) is 22.3 Å². The van der Waals surface area contributed by atoms with Crippen molar-refractivity contribution in [2.24, 2.45) is 10.1 Å². The summed E-state index contributed by atoms with van der Waals surface area (Å²) < 4.78 is 7.95. The van der Waals surface area contributed by atoms with Crippen LogP contribution in [0.25, 0.3) is 5.70 Å². The third kappa shape index (κ3) is 2.98. The van der Waals surface area contributed by atoms with Gasteiger partial charge in [0.1, 0.15) is 5.70 Å². The molecule has 0 bridgehead atoms. The minimum absolute atomic E-state index is 0.219. The minimum atomic E-state index is -0.570. The van der Waals surface area contributed by atoms with Crippen LogP contribution in [0.15, 0.2) is 52.4 Å². The topological polar surface area (TPSA) is 70.2 Å². The van der Waals surface area contributed by atoms with Gasteiger partial charge in [0.2, 0.25) is 6.17 Å². The van der Waals surface area contributed by atoms with Crippen molar-refractivity contribution in [2.75, 3.05) is 6.26 Å². The third-order valence-electron chi connectivity index (χ3n) is 3.68. The van der Waals surface area contributed by atoms with Crippen molar-refractivity contribution in [3.8, 4) is 0 Å². The van der Waals surface area contributed by atoms with Crippen molar-refractivity contribution in [2.45, 2.75) is 6.17 Å². The van der Waals surface area contributed by atoms with Crippen molar-refractivity contribution < 1.29 is 9.21 Å². The number of benzene rings is 1. The highest BCUT2D eigenvalue weighted by atomic mass is 79.9. The maximum atomic E-state index is 12.7. The van der Waals surface area contributed by atoms with Crippen LogP contribution >= 0.6 is 59.6 Å². The van der Waals surface area contributed by atoms with Crippen molar-refractivity contribution in [1.29, 1.82) is 0 Å². The van der Waals surface area contributed by atoms with E-state index >= 15 is 0 Å². The molecule has 2 aliphatic rings. The molecule has 1 N–H and O–H groups in total. The molecule has 2 aliphatic heterocycles. The molecule has 128 valence electrons. The lowest BCUT2D eigenvalue weighted by Gasteiger charge is -2.32. The number of hydrogen-bond acceptors (Lipinski definition) is 6. The van der Waals surface area contributed by atoms with E-state index in [1.807, 2.05) is 30.5 Å². The second kappa shape index (κ2) is 6.57. The molecule has 25 heavy (non-hydrogen) atoms. The zero-order valence-electron chi connectivity index (χ0n) is 12.6. The fraction of sp³-hybridized carbons (Fsp3) is 0.133. The molecule has 4 rings (SSSR count). The highest BCUT2D eigenvalue weighted by Crippen LogP contribution is 2.36. The molecule has 0 radical (unpaired) electrons. The number of amidine groups is 1. The standard InChI is InChI=1S/C15H9Br3N4O2S/c1-25-15-20-14(23)11-7-4-6(16)2-3-9(7)19-13(22(11)21-15)10-5-8(17)12(18)24-10/h2-5,13H,1H3,(H,20,21,23)/t13-/m1/s1. The van der Waals surface area contributed by atoms with E-state index in [0.717, 1.165) is 14.2 Å². The van der Waals surface area contributed by atoms with E-state index < -0.39 is 6.17 Å². The number of nitrogens with one attached hydrogen (secondary N) is 1. The zero-order chi connectivity index (χ0) is 17.7. The van der Waals surface area contributed by atoms with Gasteiger partial charge >= 0.3 is 0 Å². The normalized spacial score (nSPS) is 19.0. The van der Waals surface area contributed by atoms with Gasteiger partial charge in [-0.2, -0.15) is 0 Å². The second-order valence-electron chi connectivity index (χ2n) is 5.19. The molecule has 6 nitrogen and oxygen atoms in total. The van der Waals surface area contributed by atoms with Gasteiger partial charge < -0.3 is 4.42 Å². The van der Waals surface area contributed by atoms with Crippen molar-refractivity contribution >= 4 is 76.3 Å². The molecule has 1 aromatic heterocycles. The summed E-state index contributed by atoms with van der Waals surface area (Å²) in [7, 11) is 0. The SMILES string of the molecule is CSC1=NN2C(=c3cc(Br)ccc3=N[C@H]2c2cc(Br)c(Br)o2)C(=O)N1. The third-order valence-corrected chi connectivity index (χ3v) is 6.46. The van der Waals surface area contributed by atoms with E-state index in [4.69, 9.17) is 9.41 Å². The van der Waals surface area contributed by atoms with Gasteiger partial charge in [-0.05, 0) is 62.4 Å². The average Bonchev–Trinajstić information content (AvgIpc) is 2.92. The Balaban J connectivity index is 2.01. The van der Waals surface area contributed by atoms with Crippen LogP contribution in [0.2, 0.25) is 0 Å². The smallest absolute Gasteiger partial charge is 0.276 e. The molecule has 0 fully saturated rings. The summed E-state index contributed by atoms with van der Waals surface area (Å²) in [4.78, 5) is 17.5. The first-order chi connectivity index (χ1) is 12.0. The van der Waals surface area contributed by atoms with Gasteiger partial charge in [-0.3, -0.25) is 10.1 Å². The monoisotopic (exact) mass is 546 g/mol. The maximum Gasteiger partial charge on any atom is 0.276 e. The number of fused-ring (bicyclic) bond motifs is 2. The Morgan fingerprint density at radius 2 is 2.08 bits per heavy atom. The van der Waals surface area contributed by atoms with Crippen LogP contribution in [-0.2, 0) is 4.79 Å². The molecule has 1 amide bonds. The fourth-order valence-electron chi connectivity index (χ4n) is 2.62. The molecular formula is C15H9Br3N4O2S. The average molecular weight is 549 g/mol. The van der Waals surface area contributed by atoms with E-state index in [0.29, 0.717) is 26.7 Å². The molecular weight excluding hydrogens is 540 g/mol. The molecule has 3 heterocycles. The van der Waals surface area contributed by atoms with Crippen LogP contribution in [0.4, 0.5) is 0 Å². The van der Waals surface area contributed by atoms with Gasteiger partial charge in [0.05, 0.1) is 9.83 Å². The molecule has 1 aromatic carbocycles. The summed E-state index contributed by atoms with van der Waals surface area (Å²) >= 11 is 11.6. The molecule has 0 unspecified atom stereocenters. The van der Waals surface area contributed by atoms with Crippen molar-refractivity contribution in [3.63, 3.8) is 0 Å². The number of hydrogen-bond donors (Lipinski definition) is 1. The highest BCUT2D eigenvalue weighted by Gasteiger charge is 2.36. The first-order valence-corrected chi connectivity index (χ1v) is 10.6. The number of carbonyl (C=O) groups excluding carboxylic acids is 1. The van der Waals surface area contributed by atoms with Crippen LogP contribution in [0.1, 0.15) is 11.9 Å². The zero-order valence-corrected chi connectivity index (χ0v) is 18.2. The summed E-state index contributed by atoms with van der Waals surface area (Å²) in [6.07, 6.45) is 1.28. The maximum absolute atomic E-state index is 12.7. The Morgan fingerprint density at radius 1 is 1.28 bits per heavy atom. The first kappa shape index (κ1) is 17.3. The summed E-state index contributed by atoms with van der Waals surface area (Å²) in [5, 5.41) is 10.9. The lowest BCUT2D eigenvalue weighted by molar-refractivity contribution is -0.116. The predicted molar refractivity (Wildman–Crippen MR) is 106 cm³/mol. The summed E-state index contributed by atoms with van der Waals surface area (Å²) in [5.41, 5.74) is 0.442. The van der Waals surface area contributed by atoms with Crippen LogP contribution in [0.5, 0.6) is 0 Å². The molecule has 2 aromatic rings. The van der Waals surface area contributed by atoms with Crippen molar-refractivity contribution in [1.82, 2.24) is 10.3 Å². The molecule has 0 saturated carbocycles. The molecule has 0 saturated heterocycles. The quantitative estimate of drug-likeness (QED) is 0.595. The number of thioether (sulfide) groups is 1. The number of nitrogens with zero attached hydrogens (tertiary/aromatic N) is 3. The van der Waals surface area contributed by atoms with Gasteiger partial charge in [0.25, 0.3) is 5.91 Å². The second-order valence-corrected chi connectivity index (χ2v) is 8.48. The highest BCUT2D eigenvalue weighted by molar-refractivity contribution is 9.13. The van der Waals surface area contributed by atoms with Crippen molar-refractivity contribution in [3.05, 3.63) is 54.2 Å². The van der Waals surface area contributed by atoms with E-state index in [9.17, 15) is 4.79 Å². The van der Waals surface area contributed by atoms with Crippen LogP contribution in [0.3, 0.4) is 0 Å². The van der Waals surface area contributed by atoms with Gasteiger partial charge in [0.15, 0.2) is 15.6 Å².